The molecule has 0 aliphatic heterocycles. The first-order chi connectivity index (χ1) is 3.00. The normalized spacial score (nSPS) is 6.86. The van der Waals surface area contributed by atoms with E-state index in [1.807, 2.05) is 18.2 Å². The number of hydrogen-bond acceptors (Lipinski definition) is 1. The molecule has 2 heteroatoms. The molecule has 0 atom stereocenters. The van der Waals surface area contributed by atoms with Gasteiger partial charge in [-0.1, -0.05) is 6.07 Å². The molecule has 2 radical (unpaired) electrons. The molecule has 0 bridgehead atoms. The second-order valence-corrected chi connectivity index (χ2v) is 1.02. The quantitative estimate of drug-likeness (QED) is 0.620. The van der Waals surface area contributed by atoms with E-state index in [1.165, 1.54) is 0 Å². The van der Waals surface area contributed by atoms with Gasteiger partial charge in [-0.2, -0.15) is 0 Å². The minimum atomic E-state index is 0. The second kappa shape index (κ2) is 4.24. The predicted molar refractivity (Wildman–Crippen MR) is 32.8 cm³/mol. The van der Waals surface area contributed by atoms with Crippen LogP contribution in [0.5, 0.6) is 0 Å². The maximum atomic E-state index is 3.78. The van der Waals surface area contributed by atoms with Crippen molar-refractivity contribution in [2.24, 2.45) is 0 Å². The summed E-state index contributed by atoms with van der Waals surface area (Å²) in [4.78, 5) is 3.78. The van der Waals surface area contributed by atoms with E-state index in [9.17, 15) is 0 Å². The fourth-order valence-electron chi connectivity index (χ4n) is 0.313. The largest absolute Gasteiger partial charge is 0.265 e. The minimum Gasteiger partial charge on any atom is -0.265 e. The van der Waals surface area contributed by atoms with Crippen LogP contribution in [0.4, 0.5) is 0 Å². The molecule has 0 spiro atoms. The van der Waals surface area contributed by atoms with Gasteiger partial charge >= 0.3 is 27.3 Å². The van der Waals surface area contributed by atoms with Crippen LogP contribution in [-0.4, -0.2) is 32.3 Å². The SMILES string of the molecule is [PbH2].c1ccncc1. The van der Waals surface area contributed by atoms with E-state index >= 15 is 0 Å². The zero-order chi connectivity index (χ0) is 4.24. The van der Waals surface area contributed by atoms with Gasteiger partial charge in [0.1, 0.15) is 0 Å². The Hall–Kier alpha value is 0.0721. The van der Waals surface area contributed by atoms with Crippen molar-refractivity contribution in [1.29, 1.82) is 0 Å². The summed E-state index contributed by atoms with van der Waals surface area (Å²) in [6, 6.07) is 5.72. The molecule has 1 heterocycles. The average Bonchev–Trinajstić information content (AvgIpc) is 1.72. The van der Waals surface area contributed by atoms with Gasteiger partial charge in [0.2, 0.25) is 0 Å². The first-order valence-corrected chi connectivity index (χ1v) is 1.85. The van der Waals surface area contributed by atoms with Gasteiger partial charge in [0.25, 0.3) is 0 Å². The van der Waals surface area contributed by atoms with E-state index in [4.69, 9.17) is 0 Å². The molecule has 0 saturated carbocycles. The van der Waals surface area contributed by atoms with Crippen molar-refractivity contribution in [3.8, 4) is 0 Å². The van der Waals surface area contributed by atoms with Crippen molar-refractivity contribution < 1.29 is 0 Å². The van der Waals surface area contributed by atoms with Crippen molar-refractivity contribution >= 4 is 27.3 Å². The Bertz CT molecular complexity index is 80.0. The third-order valence-corrected chi connectivity index (χ3v) is 0.566. The summed E-state index contributed by atoms with van der Waals surface area (Å²) in [5.74, 6) is 0. The molecule has 7 heavy (non-hydrogen) atoms. The topological polar surface area (TPSA) is 12.9 Å². The molecular formula is C5H7NPb. The van der Waals surface area contributed by atoms with Gasteiger partial charge in [-0.3, -0.25) is 4.98 Å². The van der Waals surface area contributed by atoms with Crippen LogP contribution in [0.2, 0.25) is 0 Å². The zero-order valence-electron chi connectivity index (χ0n) is 4.04. The van der Waals surface area contributed by atoms with Crippen LogP contribution in [0.15, 0.2) is 30.6 Å². The summed E-state index contributed by atoms with van der Waals surface area (Å²) in [7, 11) is 0. The maximum Gasteiger partial charge on any atom is 0.0267 e. The molecule has 1 nitrogen and oxygen atoms in total. The van der Waals surface area contributed by atoms with E-state index in [0.717, 1.165) is 0 Å². The summed E-state index contributed by atoms with van der Waals surface area (Å²) in [5.41, 5.74) is 0. The number of nitrogens with zero attached hydrogens (tertiary/aromatic N) is 1. The Balaban J connectivity index is 0.000000360. The Kier molecular flexibility index (Phi) is 4.28. The molecule has 0 aromatic carbocycles. The fourth-order valence-corrected chi connectivity index (χ4v) is 0.313. The first kappa shape index (κ1) is 7.07. The number of rotatable bonds is 0. The van der Waals surface area contributed by atoms with Crippen molar-refractivity contribution in [3.63, 3.8) is 0 Å². The first-order valence-electron chi connectivity index (χ1n) is 1.85. The van der Waals surface area contributed by atoms with Gasteiger partial charge in [-0.05, 0) is 12.1 Å². The van der Waals surface area contributed by atoms with Gasteiger partial charge < -0.3 is 0 Å². The smallest absolute Gasteiger partial charge is 0.0267 e. The maximum absolute atomic E-state index is 3.78. The third-order valence-electron chi connectivity index (χ3n) is 0.566. The molecule has 36 valence electrons. The van der Waals surface area contributed by atoms with Crippen molar-refractivity contribution in [2.45, 2.75) is 0 Å². The molecule has 0 N–H and O–H groups in total. The molecule has 0 aliphatic rings. The van der Waals surface area contributed by atoms with Crippen LogP contribution in [0.1, 0.15) is 0 Å². The minimum absolute atomic E-state index is 0. The summed E-state index contributed by atoms with van der Waals surface area (Å²) >= 11 is 0. The molecule has 0 unspecified atom stereocenters. The van der Waals surface area contributed by atoms with Gasteiger partial charge in [0, 0.05) is 12.4 Å². The number of hydrogen-bond donors (Lipinski definition) is 0. The van der Waals surface area contributed by atoms with E-state index in [1.54, 1.807) is 12.4 Å². The van der Waals surface area contributed by atoms with Crippen molar-refractivity contribution in [3.05, 3.63) is 30.6 Å². The Labute approximate surface area is 62.9 Å². The summed E-state index contributed by atoms with van der Waals surface area (Å²) in [6.45, 7) is 0. The van der Waals surface area contributed by atoms with Crippen molar-refractivity contribution in [1.82, 2.24) is 4.98 Å². The Morgan fingerprint density at radius 2 is 1.43 bits per heavy atom. The monoisotopic (exact) mass is 289 g/mol. The van der Waals surface area contributed by atoms with Gasteiger partial charge in [-0.15, -0.1) is 0 Å². The van der Waals surface area contributed by atoms with Crippen LogP contribution >= 0.6 is 0 Å². The van der Waals surface area contributed by atoms with Crippen LogP contribution in [0.3, 0.4) is 0 Å². The molecular weight excluding hydrogens is 281 g/mol. The van der Waals surface area contributed by atoms with Crippen LogP contribution < -0.4 is 0 Å². The summed E-state index contributed by atoms with van der Waals surface area (Å²) in [5, 5.41) is 0. The van der Waals surface area contributed by atoms with E-state index in [0.29, 0.717) is 0 Å². The standard InChI is InChI=1S/C5H5N.Pb.2H/c1-2-4-6-5-3-1;;;/h1-5H;;;. The fraction of sp³-hybridized carbons (Fsp3) is 0. The molecule has 1 aromatic rings. The number of aromatic nitrogens is 1. The Morgan fingerprint density at radius 3 is 1.57 bits per heavy atom. The molecule has 0 amide bonds. The molecule has 1 rings (SSSR count). The summed E-state index contributed by atoms with van der Waals surface area (Å²) < 4.78 is 0. The Morgan fingerprint density at radius 1 is 0.857 bits per heavy atom. The van der Waals surface area contributed by atoms with Crippen LogP contribution in [0, 0.1) is 0 Å². The van der Waals surface area contributed by atoms with Crippen molar-refractivity contribution in [2.75, 3.05) is 0 Å². The van der Waals surface area contributed by atoms with E-state index < -0.39 is 0 Å². The predicted octanol–water partition coefficient (Wildman–Crippen LogP) is 0.165. The number of pyridine rings is 1. The van der Waals surface area contributed by atoms with Gasteiger partial charge in [0.05, 0.1) is 0 Å². The van der Waals surface area contributed by atoms with E-state index in [2.05, 4.69) is 4.98 Å². The zero-order valence-corrected chi connectivity index (χ0v) is 9.54. The molecule has 0 aliphatic carbocycles. The van der Waals surface area contributed by atoms with E-state index in [-0.39, 0.29) is 27.3 Å². The third kappa shape index (κ3) is 2.73. The molecule has 0 fully saturated rings. The average molecular weight is 288 g/mol. The summed E-state index contributed by atoms with van der Waals surface area (Å²) in [6.07, 6.45) is 3.50. The van der Waals surface area contributed by atoms with Gasteiger partial charge in [0.15, 0.2) is 0 Å². The molecule has 1 aromatic heterocycles. The van der Waals surface area contributed by atoms with Crippen LogP contribution in [-0.2, 0) is 0 Å². The second-order valence-electron chi connectivity index (χ2n) is 1.02. The van der Waals surface area contributed by atoms with Crippen LogP contribution in [0.25, 0.3) is 0 Å². The van der Waals surface area contributed by atoms with Gasteiger partial charge in [-0.25, -0.2) is 0 Å². The molecule has 0 saturated heterocycles.